The first-order valence-corrected chi connectivity index (χ1v) is 7.47. The summed E-state index contributed by atoms with van der Waals surface area (Å²) in [6.45, 7) is 5.85. The summed E-state index contributed by atoms with van der Waals surface area (Å²) < 4.78 is 5.63. The maximum Gasteiger partial charge on any atom is 0.253 e. The van der Waals surface area contributed by atoms with Crippen LogP contribution in [-0.2, 0) is 0 Å². The van der Waals surface area contributed by atoms with Crippen LogP contribution in [0, 0.1) is 0 Å². The van der Waals surface area contributed by atoms with Crippen molar-refractivity contribution >= 4 is 5.91 Å². The Labute approximate surface area is 125 Å². The number of amides is 1. The molecule has 5 nitrogen and oxygen atoms in total. The van der Waals surface area contributed by atoms with Gasteiger partial charge >= 0.3 is 0 Å². The Balaban J connectivity index is 1.91. The van der Waals surface area contributed by atoms with Crippen molar-refractivity contribution in [2.45, 2.75) is 64.2 Å². The smallest absolute Gasteiger partial charge is 0.253 e. The molecule has 0 unspecified atom stereocenters. The molecule has 1 aliphatic rings. The number of pyridine rings is 1. The number of rotatable bonds is 3. The third-order valence-electron chi connectivity index (χ3n) is 3.44. The predicted molar refractivity (Wildman–Crippen MR) is 80.3 cm³/mol. The zero-order valence-electron chi connectivity index (χ0n) is 12.9. The van der Waals surface area contributed by atoms with Gasteiger partial charge in [-0.1, -0.05) is 0 Å². The van der Waals surface area contributed by atoms with Crippen molar-refractivity contribution in [1.82, 2.24) is 10.3 Å². The first kappa shape index (κ1) is 15.8. The molecule has 21 heavy (non-hydrogen) atoms. The number of nitrogens with one attached hydrogen (secondary N) is 1. The summed E-state index contributed by atoms with van der Waals surface area (Å²) in [4.78, 5) is 16.3. The van der Waals surface area contributed by atoms with Gasteiger partial charge in [0.1, 0.15) is 5.60 Å². The fraction of sp³-hybridized carbons (Fsp3) is 0.625. The minimum atomic E-state index is -0.306. The molecule has 1 heterocycles. The van der Waals surface area contributed by atoms with Crippen molar-refractivity contribution < 1.29 is 14.6 Å². The molecule has 0 saturated heterocycles. The SMILES string of the molecule is CC(C)(C)Oc1ccc(C(=O)NC2CCC(O)CC2)cn1. The quantitative estimate of drug-likeness (QED) is 0.896. The highest BCUT2D eigenvalue weighted by Gasteiger charge is 2.21. The highest BCUT2D eigenvalue weighted by atomic mass is 16.5. The molecule has 2 rings (SSSR count). The van der Waals surface area contributed by atoms with Crippen LogP contribution in [0.5, 0.6) is 5.88 Å². The Morgan fingerprint density at radius 2 is 1.95 bits per heavy atom. The van der Waals surface area contributed by atoms with Gasteiger partial charge in [0.2, 0.25) is 5.88 Å². The van der Waals surface area contributed by atoms with Gasteiger partial charge < -0.3 is 15.2 Å². The highest BCUT2D eigenvalue weighted by molar-refractivity contribution is 5.94. The molecular weight excluding hydrogens is 268 g/mol. The fourth-order valence-electron chi connectivity index (χ4n) is 2.38. The predicted octanol–water partition coefficient (Wildman–Crippen LogP) is 2.29. The molecule has 116 valence electrons. The zero-order valence-corrected chi connectivity index (χ0v) is 12.9. The summed E-state index contributed by atoms with van der Waals surface area (Å²) in [5, 5.41) is 12.5. The third-order valence-corrected chi connectivity index (χ3v) is 3.44. The number of hydrogen-bond acceptors (Lipinski definition) is 4. The molecule has 0 atom stereocenters. The Kier molecular flexibility index (Phi) is 4.83. The number of aromatic nitrogens is 1. The molecule has 0 aromatic carbocycles. The maximum atomic E-state index is 12.1. The van der Waals surface area contributed by atoms with Gasteiger partial charge in [-0.05, 0) is 52.5 Å². The van der Waals surface area contributed by atoms with Crippen LogP contribution in [0.15, 0.2) is 18.3 Å². The zero-order chi connectivity index (χ0) is 15.5. The van der Waals surface area contributed by atoms with Gasteiger partial charge in [0, 0.05) is 18.3 Å². The monoisotopic (exact) mass is 292 g/mol. The number of aliphatic hydroxyl groups is 1. The van der Waals surface area contributed by atoms with E-state index in [2.05, 4.69) is 10.3 Å². The number of nitrogens with zero attached hydrogens (tertiary/aromatic N) is 1. The number of carbonyl (C=O) groups excluding carboxylic acids is 1. The van der Waals surface area contributed by atoms with Crippen LogP contribution >= 0.6 is 0 Å². The summed E-state index contributed by atoms with van der Waals surface area (Å²) in [5.41, 5.74) is 0.224. The first-order chi connectivity index (χ1) is 9.83. The van der Waals surface area contributed by atoms with E-state index >= 15 is 0 Å². The molecule has 1 fully saturated rings. The van der Waals surface area contributed by atoms with E-state index in [-0.39, 0.29) is 23.7 Å². The van der Waals surface area contributed by atoms with E-state index in [4.69, 9.17) is 4.74 Å². The first-order valence-electron chi connectivity index (χ1n) is 7.47. The Morgan fingerprint density at radius 3 is 2.48 bits per heavy atom. The molecule has 1 amide bonds. The van der Waals surface area contributed by atoms with Gasteiger partial charge in [0.15, 0.2) is 0 Å². The van der Waals surface area contributed by atoms with Crippen molar-refractivity contribution in [3.63, 3.8) is 0 Å². The van der Waals surface area contributed by atoms with Crippen LogP contribution in [0.2, 0.25) is 0 Å². The van der Waals surface area contributed by atoms with Crippen LogP contribution in [0.3, 0.4) is 0 Å². The second-order valence-electron chi connectivity index (χ2n) is 6.58. The lowest BCUT2D eigenvalue weighted by Gasteiger charge is -2.26. The minimum absolute atomic E-state index is 0.119. The van der Waals surface area contributed by atoms with E-state index in [1.54, 1.807) is 12.1 Å². The summed E-state index contributed by atoms with van der Waals surface area (Å²) in [6.07, 6.45) is 4.47. The van der Waals surface area contributed by atoms with Gasteiger partial charge in [-0.2, -0.15) is 0 Å². The molecular formula is C16H24N2O3. The lowest BCUT2D eigenvalue weighted by molar-refractivity contribution is 0.0867. The van der Waals surface area contributed by atoms with Crippen molar-refractivity contribution in [1.29, 1.82) is 0 Å². The molecule has 0 spiro atoms. The number of aliphatic hydroxyl groups excluding tert-OH is 1. The fourth-order valence-corrected chi connectivity index (χ4v) is 2.38. The third kappa shape index (κ3) is 5.01. The minimum Gasteiger partial charge on any atom is -0.472 e. The molecule has 0 aliphatic heterocycles. The molecule has 0 radical (unpaired) electrons. The molecule has 5 heteroatoms. The van der Waals surface area contributed by atoms with Gasteiger partial charge in [-0.15, -0.1) is 0 Å². The topological polar surface area (TPSA) is 71.5 Å². The van der Waals surface area contributed by atoms with E-state index in [9.17, 15) is 9.90 Å². The van der Waals surface area contributed by atoms with Crippen LogP contribution in [0.25, 0.3) is 0 Å². The number of hydrogen-bond donors (Lipinski definition) is 2. The molecule has 0 bridgehead atoms. The second-order valence-corrected chi connectivity index (χ2v) is 6.58. The number of carbonyl (C=O) groups is 1. The molecule has 1 saturated carbocycles. The number of ether oxygens (including phenoxy) is 1. The van der Waals surface area contributed by atoms with Crippen LogP contribution in [-0.4, -0.2) is 33.7 Å². The van der Waals surface area contributed by atoms with Gasteiger partial charge in [0.05, 0.1) is 11.7 Å². The van der Waals surface area contributed by atoms with E-state index < -0.39 is 0 Å². The van der Waals surface area contributed by atoms with Gasteiger partial charge in [0.25, 0.3) is 5.91 Å². The van der Waals surface area contributed by atoms with E-state index in [1.165, 1.54) is 6.20 Å². The van der Waals surface area contributed by atoms with E-state index in [0.29, 0.717) is 11.4 Å². The Bertz CT molecular complexity index is 471. The average molecular weight is 292 g/mol. The second kappa shape index (κ2) is 6.43. The standard InChI is InChI=1S/C16H24N2O3/c1-16(2,3)21-14-9-4-11(10-17-14)15(20)18-12-5-7-13(19)8-6-12/h4,9-10,12-13,19H,5-8H2,1-3H3,(H,18,20). The molecule has 1 aromatic heterocycles. The molecule has 2 N–H and O–H groups in total. The van der Waals surface area contributed by atoms with Crippen LogP contribution in [0.4, 0.5) is 0 Å². The van der Waals surface area contributed by atoms with Gasteiger partial charge in [-0.25, -0.2) is 4.98 Å². The average Bonchev–Trinajstić information content (AvgIpc) is 2.40. The lowest BCUT2D eigenvalue weighted by Crippen LogP contribution is -2.38. The summed E-state index contributed by atoms with van der Waals surface area (Å²) in [6, 6.07) is 3.58. The van der Waals surface area contributed by atoms with Crippen LogP contribution < -0.4 is 10.1 Å². The van der Waals surface area contributed by atoms with E-state index in [0.717, 1.165) is 25.7 Å². The van der Waals surface area contributed by atoms with Crippen molar-refractivity contribution in [3.05, 3.63) is 23.9 Å². The van der Waals surface area contributed by atoms with E-state index in [1.807, 2.05) is 20.8 Å². The lowest BCUT2D eigenvalue weighted by atomic mass is 9.93. The summed E-state index contributed by atoms with van der Waals surface area (Å²) in [7, 11) is 0. The van der Waals surface area contributed by atoms with Crippen molar-refractivity contribution in [3.8, 4) is 5.88 Å². The largest absolute Gasteiger partial charge is 0.472 e. The summed E-state index contributed by atoms with van der Waals surface area (Å²) >= 11 is 0. The summed E-state index contributed by atoms with van der Waals surface area (Å²) in [5.74, 6) is 0.394. The Hall–Kier alpha value is -1.62. The highest BCUT2D eigenvalue weighted by Crippen LogP contribution is 2.19. The maximum absolute atomic E-state index is 12.1. The van der Waals surface area contributed by atoms with Gasteiger partial charge in [-0.3, -0.25) is 4.79 Å². The van der Waals surface area contributed by atoms with Crippen molar-refractivity contribution in [2.24, 2.45) is 0 Å². The molecule has 1 aliphatic carbocycles. The van der Waals surface area contributed by atoms with Crippen molar-refractivity contribution in [2.75, 3.05) is 0 Å². The van der Waals surface area contributed by atoms with Crippen LogP contribution in [0.1, 0.15) is 56.8 Å². The Morgan fingerprint density at radius 1 is 1.29 bits per heavy atom. The normalized spacial score (nSPS) is 22.7. The molecule has 1 aromatic rings.